The lowest BCUT2D eigenvalue weighted by atomic mass is 9.47. The number of unbranched alkanes of at least 4 members (excludes halogenated alkanes) is 12. The molecule has 8 nitrogen and oxygen atoms in total. The third kappa shape index (κ3) is 14.8. The SMILES string of the molecule is CCCCCCCCC=CCCCCCCCCOC(C(=O)O)C(COP(=O)(O)O)OC1CC[C@@]2(C)C(=CCC3C2CC[C@@]2(C)C3CC[C@@H]2[C@H](C)CCCC(C)C)C1. The van der Waals surface area contributed by atoms with Crippen molar-refractivity contribution >= 4 is 13.8 Å². The maximum Gasteiger partial charge on any atom is 0.469 e. The maximum atomic E-state index is 12.5. The number of phosphoric ester groups is 1. The zero-order valence-electron chi connectivity index (χ0n) is 37.9. The zero-order chi connectivity index (χ0) is 42.2. The van der Waals surface area contributed by atoms with Crippen LogP contribution in [0.5, 0.6) is 0 Å². The Morgan fingerprint density at radius 3 is 2.14 bits per heavy atom. The monoisotopic (exact) mass is 835 g/mol. The first-order chi connectivity index (χ1) is 27.7. The Bertz CT molecular complexity index is 1310. The summed E-state index contributed by atoms with van der Waals surface area (Å²) in [6, 6.07) is 0. The molecule has 6 unspecified atom stereocenters. The summed E-state index contributed by atoms with van der Waals surface area (Å²) in [5.74, 6) is 3.35. The van der Waals surface area contributed by atoms with Gasteiger partial charge in [-0.05, 0) is 130 Å². The molecule has 0 bridgehead atoms. The smallest absolute Gasteiger partial charge is 0.469 e. The van der Waals surface area contributed by atoms with Gasteiger partial charge in [-0.15, -0.1) is 0 Å². The van der Waals surface area contributed by atoms with Gasteiger partial charge in [0.25, 0.3) is 0 Å². The molecule has 0 aliphatic heterocycles. The summed E-state index contributed by atoms with van der Waals surface area (Å²) < 4.78 is 29.0. The van der Waals surface area contributed by atoms with Crippen molar-refractivity contribution in [3.63, 3.8) is 0 Å². The van der Waals surface area contributed by atoms with Gasteiger partial charge in [-0.2, -0.15) is 0 Å². The predicted octanol–water partition coefficient (Wildman–Crippen LogP) is 13.4. The van der Waals surface area contributed by atoms with Crippen LogP contribution in [-0.4, -0.2) is 52.4 Å². The van der Waals surface area contributed by atoms with Crippen LogP contribution in [0, 0.1) is 46.3 Å². The van der Waals surface area contributed by atoms with Crippen LogP contribution in [0.25, 0.3) is 0 Å². The molecule has 0 aromatic heterocycles. The Labute approximate surface area is 354 Å². The number of fused-ring (bicyclic) bond motifs is 5. The molecule has 0 aromatic carbocycles. The first kappa shape index (κ1) is 49.6. The van der Waals surface area contributed by atoms with E-state index < -0.39 is 32.6 Å². The van der Waals surface area contributed by atoms with E-state index >= 15 is 0 Å². The van der Waals surface area contributed by atoms with E-state index in [-0.39, 0.29) is 18.1 Å². The minimum Gasteiger partial charge on any atom is -0.479 e. The van der Waals surface area contributed by atoms with Gasteiger partial charge in [-0.25, -0.2) is 9.36 Å². The van der Waals surface area contributed by atoms with Gasteiger partial charge < -0.3 is 24.4 Å². The second-order valence-electron chi connectivity index (χ2n) is 20.2. The highest BCUT2D eigenvalue weighted by Crippen LogP contribution is 2.67. The number of ether oxygens (including phenoxy) is 2. The number of carboxylic acid groups (broad SMARTS) is 1. The molecule has 3 fully saturated rings. The van der Waals surface area contributed by atoms with Crippen LogP contribution in [0.4, 0.5) is 0 Å². The van der Waals surface area contributed by atoms with E-state index in [1.165, 1.54) is 108 Å². The van der Waals surface area contributed by atoms with Crippen molar-refractivity contribution < 1.29 is 38.3 Å². The van der Waals surface area contributed by atoms with Crippen molar-refractivity contribution in [2.45, 2.75) is 220 Å². The Morgan fingerprint density at radius 2 is 1.50 bits per heavy atom. The minimum absolute atomic E-state index is 0.107. The summed E-state index contributed by atoms with van der Waals surface area (Å²) in [5.41, 5.74) is 1.97. The van der Waals surface area contributed by atoms with Crippen molar-refractivity contribution in [2.24, 2.45) is 46.3 Å². The normalized spacial score (nSPS) is 30.2. The maximum absolute atomic E-state index is 12.5. The predicted molar refractivity (Wildman–Crippen MR) is 237 cm³/mol. The zero-order valence-corrected chi connectivity index (χ0v) is 38.7. The van der Waals surface area contributed by atoms with Gasteiger partial charge in [0.05, 0.1) is 12.7 Å². The molecule has 4 aliphatic rings. The number of carboxylic acids is 1. The van der Waals surface area contributed by atoms with Crippen molar-refractivity contribution in [1.29, 1.82) is 0 Å². The molecule has 58 heavy (non-hydrogen) atoms. The van der Waals surface area contributed by atoms with Gasteiger partial charge in [0.1, 0.15) is 6.10 Å². The third-order valence-corrected chi connectivity index (χ3v) is 16.1. The van der Waals surface area contributed by atoms with E-state index in [1.807, 2.05) is 0 Å². The first-order valence-corrected chi connectivity index (χ1v) is 25.8. The lowest BCUT2D eigenvalue weighted by Crippen LogP contribution is -2.51. The van der Waals surface area contributed by atoms with Gasteiger partial charge in [-0.3, -0.25) is 4.52 Å². The highest BCUT2D eigenvalue weighted by Gasteiger charge is 2.59. The van der Waals surface area contributed by atoms with Crippen LogP contribution in [-0.2, 0) is 23.4 Å². The second-order valence-corrected chi connectivity index (χ2v) is 21.4. The Hall–Kier alpha value is -1.02. The van der Waals surface area contributed by atoms with Crippen molar-refractivity contribution in [3.05, 3.63) is 23.8 Å². The van der Waals surface area contributed by atoms with Crippen LogP contribution >= 0.6 is 7.82 Å². The molecular weight excluding hydrogens is 748 g/mol. The molecule has 0 aromatic rings. The molecule has 3 saturated carbocycles. The molecule has 0 spiro atoms. The lowest BCUT2D eigenvalue weighted by molar-refractivity contribution is -0.172. The summed E-state index contributed by atoms with van der Waals surface area (Å²) in [6.07, 6.45) is 34.0. The Morgan fingerprint density at radius 1 is 0.845 bits per heavy atom. The average Bonchev–Trinajstić information content (AvgIpc) is 3.53. The molecule has 0 amide bonds. The summed E-state index contributed by atoms with van der Waals surface area (Å²) in [5, 5.41) is 10.2. The van der Waals surface area contributed by atoms with Gasteiger partial charge in [0.2, 0.25) is 0 Å². The topological polar surface area (TPSA) is 123 Å². The number of hydrogen-bond donors (Lipinski definition) is 3. The second kappa shape index (κ2) is 24.6. The van der Waals surface area contributed by atoms with Crippen LogP contribution in [0.1, 0.15) is 202 Å². The Kier molecular flexibility index (Phi) is 21.0. The quantitative estimate of drug-likeness (QED) is 0.0387. The van der Waals surface area contributed by atoms with Crippen LogP contribution < -0.4 is 0 Å². The van der Waals surface area contributed by atoms with E-state index in [0.717, 1.165) is 75.0 Å². The largest absolute Gasteiger partial charge is 0.479 e. The van der Waals surface area contributed by atoms with E-state index in [0.29, 0.717) is 23.7 Å². The van der Waals surface area contributed by atoms with Gasteiger partial charge >= 0.3 is 13.8 Å². The Balaban J connectivity index is 1.24. The molecule has 0 heterocycles. The van der Waals surface area contributed by atoms with Crippen molar-refractivity contribution in [1.82, 2.24) is 0 Å². The van der Waals surface area contributed by atoms with E-state index in [4.69, 9.17) is 14.0 Å². The fourth-order valence-corrected chi connectivity index (χ4v) is 12.6. The summed E-state index contributed by atoms with van der Waals surface area (Å²) >= 11 is 0. The van der Waals surface area contributed by atoms with Gasteiger partial charge in [0.15, 0.2) is 6.10 Å². The molecule has 9 heteroatoms. The number of carbonyl (C=O) groups is 1. The van der Waals surface area contributed by atoms with Crippen molar-refractivity contribution in [3.8, 4) is 0 Å². The van der Waals surface area contributed by atoms with E-state index in [1.54, 1.807) is 0 Å². The highest BCUT2D eigenvalue weighted by molar-refractivity contribution is 7.46. The number of phosphoric acid groups is 1. The number of rotatable bonds is 29. The third-order valence-electron chi connectivity index (χ3n) is 15.6. The molecule has 0 saturated heterocycles. The summed E-state index contributed by atoms with van der Waals surface area (Å²) in [6.45, 7) is 14.3. The first-order valence-electron chi connectivity index (χ1n) is 24.2. The molecular formula is C49H87O8P. The van der Waals surface area contributed by atoms with Crippen LogP contribution in [0.2, 0.25) is 0 Å². The molecule has 0 radical (unpaired) electrons. The molecule has 3 N–H and O–H groups in total. The van der Waals surface area contributed by atoms with E-state index in [9.17, 15) is 24.3 Å². The number of allylic oxidation sites excluding steroid dienone is 3. The molecule has 4 aliphatic carbocycles. The highest BCUT2D eigenvalue weighted by atomic mass is 31.2. The molecule has 10 atom stereocenters. The number of hydrogen-bond acceptors (Lipinski definition) is 5. The fourth-order valence-electron chi connectivity index (χ4n) is 12.3. The minimum atomic E-state index is -4.84. The molecule has 4 rings (SSSR count). The number of aliphatic carboxylic acids is 1. The lowest BCUT2D eigenvalue weighted by Gasteiger charge is -2.58. The summed E-state index contributed by atoms with van der Waals surface area (Å²) in [7, 11) is -4.84. The van der Waals surface area contributed by atoms with Crippen molar-refractivity contribution in [2.75, 3.05) is 13.2 Å². The van der Waals surface area contributed by atoms with Crippen LogP contribution in [0.15, 0.2) is 23.8 Å². The molecule has 336 valence electrons. The van der Waals surface area contributed by atoms with E-state index in [2.05, 4.69) is 59.8 Å². The van der Waals surface area contributed by atoms with Crippen LogP contribution in [0.3, 0.4) is 0 Å². The summed E-state index contributed by atoms with van der Waals surface area (Å²) in [4.78, 5) is 31.6. The fraction of sp³-hybridized carbons (Fsp3) is 0.898. The van der Waals surface area contributed by atoms with Gasteiger partial charge in [-0.1, -0.05) is 142 Å². The average molecular weight is 835 g/mol. The van der Waals surface area contributed by atoms with Gasteiger partial charge in [0, 0.05) is 6.61 Å². The standard InChI is InChI=1S/C49H87O8P/c1-7-8-9-10-11-12-13-14-15-16-17-18-19-20-21-22-34-55-46(47(50)51)45(36-56-58(52,53)54)57-40-30-32-48(5)39(35-40)26-27-41-43-29-28-42(38(4)25-23-24-37(2)3)49(43,6)33-31-44(41)48/h14-15,26,37-38,40-46H,7-13,16-25,27-36H2,1-6H3,(H,50,51)(H2,52,53,54)/t38-,40?,41?,42-,43?,44?,45?,46?,48+,49-/m1/s1.